The molecule has 0 aromatic carbocycles. The van der Waals surface area contributed by atoms with E-state index in [1.54, 1.807) is 7.05 Å². The van der Waals surface area contributed by atoms with Gasteiger partial charge >= 0.3 is 0 Å². The molecule has 2 unspecified atom stereocenters. The first-order valence-electron chi connectivity index (χ1n) is 6.80. The third kappa shape index (κ3) is 4.64. The van der Waals surface area contributed by atoms with Gasteiger partial charge in [-0.2, -0.15) is 0 Å². The number of carbonyl (C=O) groups excluding carboxylic acids is 1. The van der Waals surface area contributed by atoms with Gasteiger partial charge in [0.25, 0.3) is 0 Å². The quantitative estimate of drug-likeness (QED) is 0.728. The van der Waals surface area contributed by atoms with Crippen LogP contribution in [-0.2, 0) is 4.79 Å². The maximum Gasteiger partial charge on any atom is 0.219 e. The summed E-state index contributed by atoms with van der Waals surface area (Å²) < 4.78 is 0. The molecule has 0 saturated heterocycles. The zero-order valence-electron chi connectivity index (χ0n) is 11.2. The summed E-state index contributed by atoms with van der Waals surface area (Å²) in [4.78, 5) is 13.5. The van der Waals surface area contributed by atoms with Crippen molar-refractivity contribution in [3.8, 4) is 0 Å². The van der Waals surface area contributed by atoms with Crippen LogP contribution in [0.5, 0.6) is 0 Å². The molecule has 0 spiro atoms. The van der Waals surface area contributed by atoms with E-state index in [9.17, 15) is 4.79 Å². The average Bonchev–Trinajstić information content (AvgIpc) is 2.38. The lowest BCUT2D eigenvalue weighted by atomic mass is 9.83. The Kier molecular flexibility index (Phi) is 6.52. The number of rotatable bonds is 6. The van der Waals surface area contributed by atoms with Crippen LogP contribution in [0.1, 0.15) is 38.5 Å². The number of hydrogen-bond acceptors (Lipinski definition) is 3. The number of hydrogen-bond donors (Lipinski definition) is 2. The van der Waals surface area contributed by atoms with Gasteiger partial charge in [-0.25, -0.2) is 0 Å². The molecular formula is C13H27N3O. The van der Waals surface area contributed by atoms with Crippen LogP contribution in [0.25, 0.3) is 0 Å². The van der Waals surface area contributed by atoms with Gasteiger partial charge in [0.05, 0.1) is 0 Å². The zero-order chi connectivity index (χ0) is 12.7. The molecule has 1 amide bonds. The Morgan fingerprint density at radius 3 is 2.76 bits per heavy atom. The number of carbonyl (C=O) groups is 1. The molecule has 0 aromatic rings. The molecule has 0 radical (unpaired) electrons. The Bertz CT molecular complexity index is 233. The zero-order valence-corrected chi connectivity index (χ0v) is 11.2. The molecule has 0 heterocycles. The summed E-state index contributed by atoms with van der Waals surface area (Å²) in [5.41, 5.74) is 5.84. The summed E-state index contributed by atoms with van der Waals surface area (Å²) in [5.74, 6) is 0.783. The van der Waals surface area contributed by atoms with Gasteiger partial charge in [-0.1, -0.05) is 12.8 Å². The van der Waals surface area contributed by atoms with E-state index in [2.05, 4.69) is 17.3 Å². The first-order chi connectivity index (χ1) is 8.19. The molecule has 4 nitrogen and oxygen atoms in total. The van der Waals surface area contributed by atoms with E-state index in [-0.39, 0.29) is 5.91 Å². The van der Waals surface area contributed by atoms with Gasteiger partial charge in [-0.05, 0) is 45.3 Å². The Morgan fingerprint density at radius 2 is 2.12 bits per heavy atom. The van der Waals surface area contributed by atoms with Gasteiger partial charge in [-0.15, -0.1) is 0 Å². The fourth-order valence-electron chi connectivity index (χ4n) is 2.82. The van der Waals surface area contributed by atoms with Crippen molar-refractivity contribution in [1.29, 1.82) is 0 Å². The van der Waals surface area contributed by atoms with Crippen molar-refractivity contribution in [2.75, 3.05) is 27.2 Å². The first-order valence-corrected chi connectivity index (χ1v) is 6.80. The normalized spacial score (nSPS) is 24.9. The molecule has 1 fully saturated rings. The molecule has 1 saturated carbocycles. The Labute approximate surface area is 105 Å². The van der Waals surface area contributed by atoms with Gasteiger partial charge in [0.15, 0.2) is 0 Å². The molecule has 0 aliphatic heterocycles. The maximum atomic E-state index is 11.1. The van der Waals surface area contributed by atoms with Crippen molar-refractivity contribution in [3.05, 3.63) is 0 Å². The minimum absolute atomic E-state index is 0.136. The van der Waals surface area contributed by atoms with Gasteiger partial charge in [0, 0.05) is 19.5 Å². The summed E-state index contributed by atoms with van der Waals surface area (Å²) in [6, 6.07) is 0.624. The van der Waals surface area contributed by atoms with Crippen LogP contribution in [0, 0.1) is 5.92 Å². The van der Waals surface area contributed by atoms with Crippen molar-refractivity contribution in [2.24, 2.45) is 11.7 Å². The summed E-state index contributed by atoms with van der Waals surface area (Å²) in [6.07, 6.45) is 6.73. The van der Waals surface area contributed by atoms with E-state index in [0.29, 0.717) is 18.4 Å². The van der Waals surface area contributed by atoms with Gasteiger partial charge in [-0.3, -0.25) is 4.79 Å². The van der Waals surface area contributed by atoms with Gasteiger partial charge < -0.3 is 16.0 Å². The number of nitrogens with two attached hydrogens (primary N) is 1. The fraction of sp³-hybridized carbons (Fsp3) is 0.923. The Morgan fingerprint density at radius 1 is 1.41 bits per heavy atom. The van der Waals surface area contributed by atoms with E-state index in [0.717, 1.165) is 19.5 Å². The van der Waals surface area contributed by atoms with Crippen LogP contribution >= 0.6 is 0 Å². The van der Waals surface area contributed by atoms with Crippen molar-refractivity contribution in [3.63, 3.8) is 0 Å². The highest BCUT2D eigenvalue weighted by Gasteiger charge is 2.26. The minimum atomic E-state index is 0.136. The van der Waals surface area contributed by atoms with Crippen molar-refractivity contribution < 1.29 is 4.79 Å². The van der Waals surface area contributed by atoms with Crippen LogP contribution in [0.2, 0.25) is 0 Å². The second-order valence-corrected chi connectivity index (χ2v) is 5.10. The van der Waals surface area contributed by atoms with Crippen LogP contribution in [-0.4, -0.2) is 44.0 Å². The highest BCUT2D eigenvalue weighted by atomic mass is 16.1. The summed E-state index contributed by atoms with van der Waals surface area (Å²) >= 11 is 0. The van der Waals surface area contributed by atoms with Crippen LogP contribution in [0.3, 0.4) is 0 Å². The highest BCUT2D eigenvalue weighted by molar-refractivity contribution is 5.75. The van der Waals surface area contributed by atoms with E-state index in [4.69, 9.17) is 5.73 Å². The Hall–Kier alpha value is -0.610. The van der Waals surface area contributed by atoms with Crippen molar-refractivity contribution in [2.45, 2.75) is 44.6 Å². The molecule has 3 N–H and O–H groups in total. The van der Waals surface area contributed by atoms with E-state index in [1.165, 1.54) is 25.7 Å². The maximum absolute atomic E-state index is 11.1. The molecule has 1 rings (SSSR count). The van der Waals surface area contributed by atoms with Crippen LogP contribution < -0.4 is 11.1 Å². The molecule has 4 heteroatoms. The molecule has 1 aliphatic carbocycles. The predicted molar refractivity (Wildman–Crippen MR) is 70.7 cm³/mol. The predicted octanol–water partition coefficient (Wildman–Crippen LogP) is 0.962. The second kappa shape index (κ2) is 7.67. The molecule has 100 valence electrons. The SMILES string of the molecule is CNC(=O)CCCN(C)C1CCCCC1CN. The molecular weight excluding hydrogens is 214 g/mol. The van der Waals surface area contributed by atoms with Crippen molar-refractivity contribution >= 4 is 5.91 Å². The number of nitrogens with one attached hydrogen (secondary N) is 1. The molecule has 2 atom stereocenters. The summed E-state index contributed by atoms with van der Waals surface area (Å²) in [7, 11) is 3.86. The minimum Gasteiger partial charge on any atom is -0.359 e. The van der Waals surface area contributed by atoms with Crippen molar-refractivity contribution in [1.82, 2.24) is 10.2 Å². The van der Waals surface area contributed by atoms with Gasteiger partial charge in [0.1, 0.15) is 0 Å². The second-order valence-electron chi connectivity index (χ2n) is 5.10. The van der Waals surface area contributed by atoms with Crippen LogP contribution in [0.15, 0.2) is 0 Å². The lowest BCUT2D eigenvalue weighted by Crippen LogP contribution is -2.43. The highest BCUT2D eigenvalue weighted by Crippen LogP contribution is 2.27. The fourth-order valence-corrected chi connectivity index (χ4v) is 2.82. The lowest BCUT2D eigenvalue weighted by Gasteiger charge is -2.37. The number of nitrogens with zero attached hydrogens (tertiary/aromatic N) is 1. The molecule has 0 aromatic heterocycles. The number of amides is 1. The lowest BCUT2D eigenvalue weighted by molar-refractivity contribution is -0.120. The third-order valence-electron chi connectivity index (χ3n) is 3.93. The standard InChI is InChI=1S/C13H27N3O/c1-15-13(17)8-5-9-16(2)12-7-4-3-6-11(12)10-14/h11-12H,3-10,14H2,1-2H3,(H,15,17). The largest absolute Gasteiger partial charge is 0.359 e. The monoisotopic (exact) mass is 241 g/mol. The molecule has 0 bridgehead atoms. The average molecular weight is 241 g/mol. The summed E-state index contributed by atoms with van der Waals surface area (Å²) in [5, 5.41) is 2.66. The Balaban J connectivity index is 2.29. The molecule has 1 aliphatic rings. The first kappa shape index (κ1) is 14.5. The molecule has 17 heavy (non-hydrogen) atoms. The van der Waals surface area contributed by atoms with E-state index in [1.807, 2.05) is 0 Å². The smallest absolute Gasteiger partial charge is 0.219 e. The van der Waals surface area contributed by atoms with E-state index >= 15 is 0 Å². The summed E-state index contributed by atoms with van der Waals surface area (Å²) in [6.45, 7) is 1.79. The van der Waals surface area contributed by atoms with Gasteiger partial charge in [0.2, 0.25) is 5.91 Å². The third-order valence-corrected chi connectivity index (χ3v) is 3.93. The van der Waals surface area contributed by atoms with E-state index < -0.39 is 0 Å². The topological polar surface area (TPSA) is 58.4 Å². The van der Waals surface area contributed by atoms with Crippen LogP contribution in [0.4, 0.5) is 0 Å².